The van der Waals surface area contributed by atoms with Gasteiger partial charge in [0.25, 0.3) is 0 Å². The molecule has 0 fully saturated rings. The number of carbonyl (C=O) groups is 1. The third kappa shape index (κ3) is 3.29. The number of primary amides is 1. The van der Waals surface area contributed by atoms with Gasteiger partial charge in [-0.3, -0.25) is 4.79 Å². The summed E-state index contributed by atoms with van der Waals surface area (Å²) in [7, 11) is 0. The summed E-state index contributed by atoms with van der Waals surface area (Å²) in [5, 5.41) is 8.56. The first-order valence-corrected chi connectivity index (χ1v) is 9.99. The Labute approximate surface area is 173 Å². The van der Waals surface area contributed by atoms with E-state index in [1.807, 2.05) is 30.3 Å². The molecule has 0 saturated carbocycles. The van der Waals surface area contributed by atoms with E-state index < -0.39 is 5.91 Å². The SMILES string of the molecule is NC(=O)c1cccc2c(-c3nc4c(c(NCc5ccccc5)n3)CNCC4)[nH]cc12. The number of anilines is 1. The van der Waals surface area contributed by atoms with Crippen molar-refractivity contribution in [3.63, 3.8) is 0 Å². The quantitative estimate of drug-likeness (QED) is 0.413. The summed E-state index contributed by atoms with van der Waals surface area (Å²) < 4.78 is 0. The van der Waals surface area contributed by atoms with E-state index in [1.54, 1.807) is 12.3 Å². The predicted molar refractivity (Wildman–Crippen MR) is 117 cm³/mol. The Hall–Kier alpha value is -3.71. The molecule has 0 bridgehead atoms. The summed E-state index contributed by atoms with van der Waals surface area (Å²) in [6.07, 6.45) is 2.64. The number of carbonyl (C=O) groups excluding carboxylic acids is 1. The number of hydrogen-bond donors (Lipinski definition) is 4. The van der Waals surface area contributed by atoms with Crippen molar-refractivity contribution in [2.24, 2.45) is 5.73 Å². The number of hydrogen-bond acceptors (Lipinski definition) is 5. The van der Waals surface area contributed by atoms with Gasteiger partial charge in [-0.25, -0.2) is 9.97 Å². The molecular formula is C23H22N6O. The molecule has 5 rings (SSSR count). The number of aromatic nitrogens is 3. The largest absolute Gasteiger partial charge is 0.366 e. The number of rotatable bonds is 5. The number of fused-ring (bicyclic) bond motifs is 2. The molecule has 1 amide bonds. The molecule has 1 aliphatic rings. The zero-order chi connectivity index (χ0) is 20.5. The van der Waals surface area contributed by atoms with Gasteiger partial charge in [-0.1, -0.05) is 42.5 Å². The summed E-state index contributed by atoms with van der Waals surface area (Å²) in [5.74, 6) is 0.997. The Kier molecular flexibility index (Phi) is 4.65. The van der Waals surface area contributed by atoms with Crippen molar-refractivity contribution in [1.82, 2.24) is 20.3 Å². The fraction of sp³-hybridized carbons (Fsp3) is 0.174. The molecule has 3 heterocycles. The smallest absolute Gasteiger partial charge is 0.249 e. The highest BCUT2D eigenvalue weighted by Gasteiger charge is 2.20. The van der Waals surface area contributed by atoms with Crippen LogP contribution >= 0.6 is 0 Å². The van der Waals surface area contributed by atoms with Crippen LogP contribution < -0.4 is 16.4 Å². The molecular weight excluding hydrogens is 376 g/mol. The van der Waals surface area contributed by atoms with Crippen LogP contribution in [0.15, 0.2) is 54.7 Å². The van der Waals surface area contributed by atoms with Gasteiger partial charge in [0, 0.05) is 54.2 Å². The topological polar surface area (TPSA) is 109 Å². The van der Waals surface area contributed by atoms with E-state index in [2.05, 4.69) is 27.8 Å². The molecule has 7 heteroatoms. The van der Waals surface area contributed by atoms with E-state index in [-0.39, 0.29) is 0 Å². The first-order chi connectivity index (χ1) is 14.7. The second-order valence-corrected chi connectivity index (χ2v) is 7.38. The number of amides is 1. The summed E-state index contributed by atoms with van der Waals surface area (Å²) in [5.41, 5.74) is 10.1. The highest BCUT2D eigenvalue weighted by Crippen LogP contribution is 2.31. The van der Waals surface area contributed by atoms with Crippen LogP contribution in [0.1, 0.15) is 27.2 Å². The molecule has 0 atom stereocenters. The van der Waals surface area contributed by atoms with E-state index in [9.17, 15) is 4.79 Å². The third-order valence-electron chi connectivity index (χ3n) is 5.46. The van der Waals surface area contributed by atoms with Crippen LogP contribution in [-0.2, 0) is 19.5 Å². The minimum atomic E-state index is -0.450. The molecule has 0 unspecified atom stereocenters. The summed E-state index contributed by atoms with van der Waals surface area (Å²) in [6.45, 7) is 2.31. The fourth-order valence-corrected chi connectivity index (χ4v) is 3.94. The maximum Gasteiger partial charge on any atom is 0.249 e. The summed E-state index contributed by atoms with van der Waals surface area (Å²) in [4.78, 5) is 24.8. The second kappa shape index (κ2) is 7.61. The zero-order valence-corrected chi connectivity index (χ0v) is 16.4. The maximum absolute atomic E-state index is 11.8. The minimum Gasteiger partial charge on any atom is -0.366 e. The lowest BCUT2D eigenvalue weighted by molar-refractivity contribution is 0.100. The number of aromatic amines is 1. The Morgan fingerprint density at radius 1 is 1.07 bits per heavy atom. The van der Waals surface area contributed by atoms with Crippen molar-refractivity contribution in [2.75, 3.05) is 11.9 Å². The highest BCUT2D eigenvalue weighted by molar-refractivity contribution is 6.09. The summed E-state index contributed by atoms with van der Waals surface area (Å²) in [6, 6.07) is 15.8. The average Bonchev–Trinajstić information content (AvgIpc) is 3.22. The van der Waals surface area contributed by atoms with E-state index in [1.165, 1.54) is 5.56 Å². The lowest BCUT2D eigenvalue weighted by Crippen LogP contribution is -2.26. The first kappa shape index (κ1) is 18.3. The van der Waals surface area contributed by atoms with Gasteiger partial charge in [0.2, 0.25) is 5.91 Å². The van der Waals surface area contributed by atoms with E-state index >= 15 is 0 Å². The molecule has 150 valence electrons. The molecule has 0 saturated heterocycles. The molecule has 2 aromatic carbocycles. The standard InChI is InChI=1S/C23H22N6O/c24-21(30)16-8-4-7-15-17(16)13-26-20(15)23-28-19-9-10-25-12-18(19)22(29-23)27-11-14-5-2-1-3-6-14/h1-8,13,25-26H,9-12H2,(H2,24,30)(H,27,28,29). The van der Waals surface area contributed by atoms with Gasteiger partial charge in [0.1, 0.15) is 5.82 Å². The van der Waals surface area contributed by atoms with Crippen molar-refractivity contribution < 1.29 is 4.79 Å². The van der Waals surface area contributed by atoms with Crippen molar-refractivity contribution in [2.45, 2.75) is 19.5 Å². The van der Waals surface area contributed by atoms with Crippen molar-refractivity contribution >= 4 is 22.5 Å². The number of nitrogens with two attached hydrogens (primary N) is 1. The number of nitrogens with zero attached hydrogens (tertiary/aromatic N) is 2. The van der Waals surface area contributed by atoms with E-state index in [0.29, 0.717) is 17.9 Å². The Balaban J connectivity index is 1.58. The number of nitrogens with one attached hydrogen (secondary N) is 3. The molecule has 0 spiro atoms. The molecule has 7 nitrogen and oxygen atoms in total. The molecule has 4 aromatic rings. The van der Waals surface area contributed by atoms with Crippen LogP contribution in [0.5, 0.6) is 0 Å². The maximum atomic E-state index is 11.8. The highest BCUT2D eigenvalue weighted by atomic mass is 16.1. The van der Waals surface area contributed by atoms with Crippen LogP contribution in [0.4, 0.5) is 5.82 Å². The van der Waals surface area contributed by atoms with Gasteiger partial charge in [-0.05, 0) is 11.6 Å². The van der Waals surface area contributed by atoms with E-state index in [0.717, 1.165) is 53.1 Å². The van der Waals surface area contributed by atoms with Gasteiger partial charge in [0.15, 0.2) is 5.82 Å². The molecule has 0 radical (unpaired) electrons. The minimum absolute atomic E-state index is 0.450. The predicted octanol–water partition coefficient (Wildman–Crippen LogP) is 2.98. The monoisotopic (exact) mass is 398 g/mol. The van der Waals surface area contributed by atoms with Crippen LogP contribution in [-0.4, -0.2) is 27.4 Å². The van der Waals surface area contributed by atoms with Crippen LogP contribution in [0.25, 0.3) is 22.3 Å². The van der Waals surface area contributed by atoms with Crippen LogP contribution in [0, 0.1) is 0 Å². The Morgan fingerprint density at radius 2 is 1.93 bits per heavy atom. The van der Waals surface area contributed by atoms with Crippen LogP contribution in [0.2, 0.25) is 0 Å². The fourth-order valence-electron chi connectivity index (χ4n) is 3.94. The number of benzene rings is 2. The first-order valence-electron chi connectivity index (χ1n) is 9.99. The lowest BCUT2D eigenvalue weighted by atomic mass is 10.1. The molecule has 1 aliphatic heterocycles. The van der Waals surface area contributed by atoms with Gasteiger partial charge in [-0.15, -0.1) is 0 Å². The van der Waals surface area contributed by atoms with Gasteiger partial charge in [0.05, 0.1) is 11.4 Å². The zero-order valence-electron chi connectivity index (χ0n) is 16.4. The Morgan fingerprint density at radius 3 is 2.77 bits per heavy atom. The summed E-state index contributed by atoms with van der Waals surface area (Å²) >= 11 is 0. The number of H-pyrrole nitrogens is 1. The molecule has 30 heavy (non-hydrogen) atoms. The third-order valence-corrected chi connectivity index (χ3v) is 5.46. The van der Waals surface area contributed by atoms with Crippen molar-refractivity contribution in [1.29, 1.82) is 0 Å². The van der Waals surface area contributed by atoms with E-state index in [4.69, 9.17) is 15.7 Å². The van der Waals surface area contributed by atoms with Crippen LogP contribution in [0.3, 0.4) is 0 Å². The molecule has 0 aliphatic carbocycles. The molecule has 2 aromatic heterocycles. The normalized spacial score (nSPS) is 13.2. The van der Waals surface area contributed by atoms with Gasteiger partial charge in [-0.2, -0.15) is 0 Å². The van der Waals surface area contributed by atoms with Crippen molar-refractivity contribution in [3.8, 4) is 11.5 Å². The Bertz CT molecular complexity index is 1230. The second-order valence-electron chi connectivity index (χ2n) is 7.38. The lowest BCUT2D eigenvalue weighted by Gasteiger charge is -2.20. The van der Waals surface area contributed by atoms with Crippen molar-refractivity contribution in [3.05, 3.63) is 77.1 Å². The average molecular weight is 398 g/mol. The van der Waals surface area contributed by atoms with Gasteiger partial charge >= 0.3 is 0 Å². The van der Waals surface area contributed by atoms with Gasteiger partial charge < -0.3 is 21.4 Å². The molecule has 5 N–H and O–H groups in total.